The lowest BCUT2D eigenvalue weighted by Crippen LogP contribution is -2.13. The van der Waals surface area contributed by atoms with E-state index in [0.717, 1.165) is 0 Å². The molecule has 0 aliphatic heterocycles. The second-order valence-corrected chi connectivity index (χ2v) is 3.01. The number of hydrogen-bond acceptors (Lipinski definition) is 3. The average Bonchev–Trinajstić information content (AvgIpc) is 2.25. The quantitative estimate of drug-likeness (QED) is 0.815. The summed E-state index contributed by atoms with van der Waals surface area (Å²) in [5.41, 5.74) is 0.201. The van der Waals surface area contributed by atoms with E-state index < -0.39 is 12.4 Å². The van der Waals surface area contributed by atoms with Crippen LogP contribution in [0.1, 0.15) is 12.0 Å². The Labute approximate surface area is 90.8 Å². The minimum absolute atomic E-state index is 0.169. The van der Waals surface area contributed by atoms with Crippen LogP contribution in [0.3, 0.4) is 0 Å². The van der Waals surface area contributed by atoms with Crippen LogP contribution in [0.2, 0.25) is 0 Å². The van der Waals surface area contributed by atoms with Crippen molar-refractivity contribution in [1.82, 2.24) is 0 Å². The van der Waals surface area contributed by atoms with E-state index in [1.165, 1.54) is 25.3 Å². The van der Waals surface area contributed by atoms with Crippen LogP contribution < -0.4 is 10.1 Å². The van der Waals surface area contributed by atoms with Gasteiger partial charge >= 0.3 is 5.97 Å². The van der Waals surface area contributed by atoms with E-state index in [0.29, 0.717) is 5.69 Å². The van der Waals surface area contributed by atoms with Crippen molar-refractivity contribution in [3.05, 3.63) is 23.8 Å². The molecule has 0 unspecified atom stereocenters. The molecule has 2 N–H and O–H groups in total. The highest BCUT2D eigenvalue weighted by molar-refractivity contribution is 5.74. The number of alkyl halides is 2. The molecule has 0 aromatic heterocycles. The van der Waals surface area contributed by atoms with E-state index in [1.807, 2.05) is 0 Å². The molecule has 6 heteroatoms. The Bertz CT molecular complexity index is 382. The van der Waals surface area contributed by atoms with Crippen LogP contribution >= 0.6 is 0 Å². The number of rotatable bonds is 5. The molecule has 16 heavy (non-hydrogen) atoms. The molecule has 0 saturated carbocycles. The highest BCUT2D eigenvalue weighted by Gasteiger charge is 2.11. The standard InChI is InChI=1S/C10H11F2NO3/c1-16-8-4-6(10(11)12)2-3-7(8)13-5-9(14)15/h2-4,10,13H,5H2,1H3,(H,14,15). The number of hydrogen-bond donors (Lipinski definition) is 2. The third-order valence-electron chi connectivity index (χ3n) is 1.91. The summed E-state index contributed by atoms with van der Waals surface area (Å²) in [7, 11) is 1.33. The lowest BCUT2D eigenvalue weighted by atomic mass is 10.2. The fraction of sp³-hybridized carbons (Fsp3) is 0.300. The van der Waals surface area contributed by atoms with Crippen LogP contribution in [-0.4, -0.2) is 24.7 Å². The summed E-state index contributed by atoms with van der Waals surface area (Å²) in [5, 5.41) is 11.0. The summed E-state index contributed by atoms with van der Waals surface area (Å²) < 4.78 is 29.6. The van der Waals surface area contributed by atoms with Crippen molar-refractivity contribution >= 4 is 11.7 Å². The molecular formula is C10H11F2NO3. The number of methoxy groups -OCH3 is 1. The van der Waals surface area contributed by atoms with Gasteiger partial charge < -0.3 is 15.2 Å². The monoisotopic (exact) mass is 231 g/mol. The van der Waals surface area contributed by atoms with Gasteiger partial charge in [0.2, 0.25) is 0 Å². The van der Waals surface area contributed by atoms with Crippen molar-refractivity contribution in [1.29, 1.82) is 0 Å². The number of aliphatic carboxylic acids is 1. The largest absolute Gasteiger partial charge is 0.495 e. The first-order valence-corrected chi connectivity index (χ1v) is 4.46. The van der Waals surface area contributed by atoms with Crippen LogP contribution in [0, 0.1) is 0 Å². The molecule has 0 aliphatic carbocycles. The SMILES string of the molecule is COc1cc(C(F)F)ccc1NCC(=O)O. The van der Waals surface area contributed by atoms with Gasteiger partial charge in [0.1, 0.15) is 12.3 Å². The molecule has 0 fully saturated rings. The Morgan fingerprint density at radius 2 is 2.25 bits per heavy atom. The van der Waals surface area contributed by atoms with Crippen LogP contribution in [0.5, 0.6) is 5.75 Å². The molecule has 0 amide bonds. The van der Waals surface area contributed by atoms with Gasteiger partial charge in [-0.05, 0) is 12.1 Å². The van der Waals surface area contributed by atoms with Gasteiger partial charge in [-0.25, -0.2) is 8.78 Å². The summed E-state index contributed by atoms with van der Waals surface area (Å²) >= 11 is 0. The molecule has 0 radical (unpaired) electrons. The highest BCUT2D eigenvalue weighted by atomic mass is 19.3. The third kappa shape index (κ3) is 3.08. The first-order valence-electron chi connectivity index (χ1n) is 4.46. The molecule has 1 rings (SSSR count). The maximum atomic E-state index is 12.4. The van der Waals surface area contributed by atoms with Crippen LogP contribution in [-0.2, 0) is 4.79 Å². The molecule has 0 aliphatic rings. The lowest BCUT2D eigenvalue weighted by molar-refractivity contribution is -0.134. The number of carboxylic acid groups (broad SMARTS) is 1. The number of anilines is 1. The third-order valence-corrected chi connectivity index (χ3v) is 1.91. The number of ether oxygens (including phenoxy) is 1. The Morgan fingerprint density at radius 1 is 1.56 bits per heavy atom. The molecule has 1 aromatic carbocycles. The van der Waals surface area contributed by atoms with Crippen molar-refractivity contribution in [2.24, 2.45) is 0 Å². The van der Waals surface area contributed by atoms with Crippen molar-refractivity contribution in [2.75, 3.05) is 19.0 Å². The topological polar surface area (TPSA) is 58.6 Å². The van der Waals surface area contributed by atoms with Crippen LogP contribution in [0.4, 0.5) is 14.5 Å². The number of halogens is 2. The van der Waals surface area contributed by atoms with Crippen molar-refractivity contribution < 1.29 is 23.4 Å². The Kier molecular flexibility index (Phi) is 4.04. The minimum atomic E-state index is -2.58. The first-order chi connectivity index (χ1) is 7.54. The zero-order valence-corrected chi connectivity index (χ0v) is 8.54. The van der Waals surface area contributed by atoms with Crippen LogP contribution in [0.25, 0.3) is 0 Å². The van der Waals surface area contributed by atoms with E-state index in [1.54, 1.807) is 0 Å². The van der Waals surface area contributed by atoms with Gasteiger partial charge in [-0.15, -0.1) is 0 Å². The van der Waals surface area contributed by atoms with Crippen molar-refractivity contribution in [2.45, 2.75) is 6.43 Å². The fourth-order valence-corrected chi connectivity index (χ4v) is 1.16. The Morgan fingerprint density at radius 3 is 2.75 bits per heavy atom. The molecule has 0 bridgehead atoms. The number of nitrogens with one attached hydrogen (secondary N) is 1. The van der Waals surface area contributed by atoms with E-state index >= 15 is 0 Å². The van der Waals surface area contributed by atoms with Gasteiger partial charge in [0, 0.05) is 5.56 Å². The summed E-state index contributed by atoms with van der Waals surface area (Å²) in [6, 6.07) is 3.76. The normalized spacial score (nSPS) is 10.2. The van der Waals surface area contributed by atoms with Gasteiger partial charge in [0.05, 0.1) is 12.8 Å². The average molecular weight is 231 g/mol. The van der Waals surface area contributed by atoms with E-state index in [9.17, 15) is 13.6 Å². The second-order valence-electron chi connectivity index (χ2n) is 3.01. The summed E-state index contributed by atoms with van der Waals surface area (Å²) in [4.78, 5) is 10.3. The van der Waals surface area contributed by atoms with Crippen molar-refractivity contribution in [3.63, 3.8) is 0 Å². The second kappa shape index (κ2) is 5.29. The zero-order valence-electron chi connectivity index (χ0n) is 8.54. The molecule has 0 heterocycles. The van der Waals surface area contributed by atoms with E-state index in [-0.39, 0.29) is 17.9 Å². The van der Waals surface area contributed by atoms with Crippen molar-refractivity contribution in [3.8, 4) is 5.75 Å². The number of carbonyl (C=O) groups is 1. The Hall–Kier alpha value is -1.85. The molecule has 0 saturated heterocycles. The number of carboxylic acids is 1. The van der Waals surface area contributed by atoms with Gasteiger partial charge in [-0.1, -0.05) is 6.07 Å². The van der Waals surface area contributed by atoms with Gasteiger partial charge in [0.25, 0.3) is 6.43 Å². The van der Waals surface area contributed by atoms with Gasteiger partial charge in [0.15, 0.2) is 0 Å². The maximum Gasteiger partial charge on any atom is 0.322 e. The molecule has 88 valence electrons. The zero-order chi connectivity index (χ0) is 12.1. The van der Waals surface area contributed by atoms with Gasteiger partial charge in [-0.3, -0.25) is 4.79 Å². The first kappa shape index (κ1) is 12.2. The Balaban J connectivity index is 2.88. The van der Waals surface area contributed by atoms with E-state index in [4.69, 9.17) is 9.84 Å². The predicted molar refractivity (Wildman–Crippen MR) is 54.1 cm³/mol. The predicted octanol–water partition coefficient (Wildman–Crippen LogP) is 2.13. The molecule has 4 nitrogen and oxygen atoms in total. The number of benzene rings is 1. The summed E-state index contributed by atoms with van der Waals surface area (Å²) in [6.45, 7) is -0.301. The minimum Gasteiger partial charge on any atom is -0.495 e. The lowest BCUT2D eigenvalue weighted by Gasteiger charge is -2.11. The highest BCUT2D eigenvalue weighted by Crippen LogP contribution is 2.29. The van der Waals surface area contributed by atoms with Crippen LogP contribution in [0.15, 0.2) is 18.2 Å². The molecule has 1 aromatic rings. The van der Waals surface area contributed by atoms with Gasteiger partial charge in [-0.2, -0.15) is 0 Å². The molecule has 0 spiro atoms. The summed E-state index contributed by atoms with van der Waals surface area (Å²) in [6.07, 6.45) is -2.58. The summed E-state index contributed by atoms with van der Waals surface area (Å²) in [5.74, 6) is -0.848. The smallest absolute Gasteiger partial charge is 0.322 e. The fourth-order valence-electron chi connectivity index (χ4n) is 1.16. The van der Waals surface area contributed by atoms with E-state index in [2.05, 4.69) is 5.32 Å². The maximum absolute atomic E-state index is 12.4. The molecule has 0 atom stereocenters. The molecular weight excluding hydrogens is 220 g/mol.